The summed E-state index contributed by atoms with van der Waals surface area (Å²) in [6.45, 7) is 3.30. The molecule has 150 valence electrons. The molecule has 1 aliphatic rings. The van der Waals surface area contributed by atoms with E-state index in [2.05, 4.69) is 34.9 Å². The Balaban J connectivity index is 1.54. The van der Waals surface area contributed by atoms with Crippen molar-refractivity contribution >= 4 is 34.2 Å². The highest BCUT2D eigenvalue weighted by Gasteiger charge is 2.35. The normalized spacial score (nSPS) is 16.5. The van der Waals surface area contributed by atoms with Crippen LogP contribution >= 0.6 is 11.6 Å². The maximum Gasteiger partial charge on any atom is 0.227 e. The number of rotatable bonds is 4. The van der Waals surface area contributed by atoms with E-state index >= 15 is 0 Å². The average molecular weight is 416 g/mol. The number of para-hydroxylation sites is 2. The van der Waals surface area contributed by atoms with Crippen LogP contribution in [-0.4, -0.2) is 22.0 Å². The molecule has 1 atom stereocenters. The second kappa shape index (κ2) is 7.62. The van der Waals surface area contributed by atoms with Crippen LogP contribution in [0.3, 0.4) is 0 Å². The molecule has 0 bridgehead atoms. The maximum absolute atomic E-state index is 13.0. The Morgan fingerprint density at radius 2 is 1.77 bits per heavy atom. The van der Waals surface area contributed by atoms with E-state index in [0.29, 0.717) is 18.0 Å². The molecular formula is C25H22ClN3O. The van der Waals surface area contributed by atoms with E-state index in [1.54, 1.807) is 0 Å². The van der Waals surface area contributed by atoms with Gasteiger partial charge in [-0.25, -0.2) is 4.98 Å². The van der Waals surface area contributed by atoms with Crippen LogP contribution in [0, 0.1) is 6.92 Å². The monoisotopic (exact) mass is 415 g/mol. The Kier molecular flexibility index (Phi) is 4.80. The molecule has 4 nitrogen and oxygen atoms in total. The highest BCUT2D eigenvalue weighted by molar-refractivity contribution is 6.31. The summed E-state index contributed by atoms with van der Waals surface area (Å²) in [5.74, 6) is 1.12. The predicted octanol–water partition coefficient (Wildman–Crippen LogP) is 5.57. The molecular weight excluding hydrogens is 394 g/mol. The molecule has 1 fully saturated rings. The first-order valence-corrected chi connectivity index (χ1v) is 10.5. The molecule has 5 rings (SSSR count). The van der Waals surface area contributed by atoms with Crippen molar-refractivity contribution in [2.75, 3.05) is 11.4 Å². The van der Waals surface area contributed by atoms with Crippen molar-refractivity contribution in [2.45, 2.75) is 25.8 Å². The Hall–Kier alpha value is -3.11. The first kappa shape index (κ1) is 18.9. The average Bonchev–Trinajstić information content (AvgIpc) is 3.32. The van der Waals surface area contributed by atoms with Crippen molar-refractivity contribution in [1.29, 1.82) is 0 Å². The van der Waals surface area contributed by atoms with Gasteiger partial charge in [-0.15, -0.1) is 0 Å². The summed E-state index contributed by atoms with van der Waals surface area (Å²) < 4.78 is 2.26. The lowest BCUT2D eigenvalue weighted by molar-refractivity contribution is -0.117. The highest BCUT2D eigenvalue weighted by atomic mass is 35.5. The lowest BCUT2D eigenvalue weighted by Crippen LogP contribution is -2.25. The summed E-state index contributed by atoms with van der Waals surface area (Å²) in [5, 5.41) is 0.681. The molecule has 3 aromatic carbocycles. The summed E-state index contributed by atoms with van der Waals surface area (Å²) in [4.78, 5) is 19.8. The molecule has 0 unspecified atom stereocenters. The fraction of sp³-hybridized carbons (Fsp3) is 0.200. The fourth-order valence-corrected chi connectivity index (χ4v) is 4.51. The number of imidazole rings is 1. The Labute approximate surface area is 180 Å². The third-order valence-corrected chi connectivity index (χ3v) is 6.30. The standard InChI is InChI=1S/C25H22ClN3O/c1-17-20(26)10-7-13-22(17)28-16-19(14-24(28)30)25-27-21-11-5-6-12-23(21)29(25)15-18-8-3-2-4-9-18/h2-13,19H,14-16H2,1H3/t19-/m1/s1. The zero-order valence-corrected chi connectivity index (χ0v) is 17.5. The Morgan fingerprint density at radius 3 is 2.60 bits per heavy atom. The van der Waals surface area contributed by atoms with E-state index < -0.39 is 0 Å². The molecule has 30 heavy (non-hydrogen) atoms. The van der Waals surface area contributed by atoms with Crippen molar-refractivity contribution in [3.8, 4) is 0 Å². The maximum atomic E-state index is 13.0. The molecule has 5 heteroatoms. The number of amides is 1. The molecule has 0 N–H and O–H groups in total. The Bertz CT molecular complexity index is 1230. The summed E-state index contributed by atoms with van der Waals surface area (Å²) in [6.07, 6.45) is 0.448. The minimum absolute atomic E-state index is 0.0343. The van der Waals surface area contributed by atoms with E-state index in [1.807, 2.05) is 54.3 Å². The highest BCUT2D eigenvalue weighted by Crippen LogP contribution is 2.36. The van der Waals surface area contributed by atoms with Gasteiger partial charge >= 0.3 is 0 Å². The summed E-state index contributed by atoms with van der Waals surface area (Å²) in [6, 6.07) is 24.3. The number of nitrogens with zero attached hydrogens (tertiary/aromatic N) is 3. The lowest BCUT2D eigenvalue weighted by atomic mass is 10.1. The van der Waals surface area contributed by atoms with E-state index in [0.717, 1.165) is 34.7 Å². The molecule has 2 heterocycles. The fourth-order valence-electron chi connectivity index (χ4n) is 4.34. The van der Waals surface area contributed by atoms with E-state index in [4.69, 9.17) is 16.6 Å². The number of aromatic nitrogens is 2. The number of hydrogen-bond acceptors (Lipinski definition) is 2. The molecule has 1 aliphatic heterocycles. The first-order valence-electron chi connectivity index (χ1n) is 10.2. The predicted molar refractivity (Wildman–Crippen MR) is 121 cm³/mol. The molecule has 0 aliphatic carbocycles. The van der Waals surface area contributed by atoms with Crippen LogP contribution in [0.15, 0.2) is 72.8 Å². The Morgan fingerprint density at radius 1 is 1.00 bits per heavy atom. The van der Waals surface area contributed by atoms with Crippen LogP contribution < -0.4 is 4.90 Å². The molecule has 0 radical (unpaired) electrons. The van der Waals surface area contributed by atoms with Gasteiger partial charge in [-0.2, -0.15) is 0 Å². The molecule has 1 saturated heterocycles. The van der Waals surface area contributed by atoms with Gasteiger partial charge in [0.25, 0.3) is 0 Å². The van der Waals surface area contributed by atoms with Gasteiger partial charge in [0.1, 0.15) is 5.82 Å². The third kappa shape index (κ3) is 3.27. The summed E-state index contributed by atoms with van der Waals surface area (Å²) >= 11 is 6.31. The molecule has 1 amide bonds. The van der Waals surface area contributed by atoms with Crippen LogP contribution in [0.2, 0.25) is 5.02 Å². The van der Waals surface area contributed by atoms with E-state index in [-0.39, 0.29) is 11.8 Å². The first-order chi connectivity index (χ1) is 14.6. The minimum Gasteiger partial charge on any atom is -0.323 e. The molecule has 1 aromatic heterocycles. The van der Waals surface area contributed by atoms with E-state index in [1.165, 1.54) is 5.56 Å². The van der Waals surface area contributed by atoms with Gasteiger partial charge in [-0.05, 0) is 42.3 Å². The van der Waals surface area contributed by atoms with Gasteiger partial charge in [-0.1, -0.05) is 60.1 Å². The van der Waals surface area contributed by atoms with Gasteiger partial charge < -0.3 is 9.47 Å². The van der Waals surface area contributed by atoms with Crippen molar-refractivity contribution < 1.29 is 4.79 Å². The number of fused-ring (bicyclic) bond motifs is 1. The smallest absolute Gasteiger partial charge is 0.227 e. The van der Waals surface area contributed by atoms with Crippen molar-refractivity contribution in [1.82, 2.24) is 9.55 Å². The zero-order chi connectivity index (χ0) is 20.7. The number of anilines is 1. The topological polar surface area (TPSA) is 38.1 Å². The van der Waals surface area contributed by atoms with Gasteiger partial charge in [0.2, 0.25) is 5.91 Å². The van der Waals surface area contributed by atoms with Crippen LogP contribution in [0.4, 0.5) is 5.69 Å². The number of benzene rings is 3. The largest absolute Gasteiger partial charge is 0.323 e. The van der Waals surface area contributed by atoms with Crippen molar-refractivity contribution in [3.63, 3.8) is 0 Å². The van der Waals surface area contributed by atoms with E-state index in [9.17, 15) is 4.79 Å². The zero-order valence-electron chi connectivity index (χ0n) is 16.8. The lowest BCUT2D eigenvalue weighted by Gasteiger charge is -2.20. The molecule has 0 saturated carbocycles. The van der Waals surface area contributed by atoms with Crippen LogP contribution in [0.1, 0.15) is 29.3 Å². The van der Waals surface area contributed by atoms with Crippen LogP contribution in [-0.2, 0) is 11.3 Å². The van der Waals surface area contributed by atoms with Gasteiger partial charge in [-0.3, -0.25) is 4.79 Å². The molecule has 4 aromatic rings. The van der Waals surface area contributed by atoms with Crippen molar-refractivity contribution in [2.24, 2.45) is 0 Å². The SMILES string of the molecule is Cc1c(Cl)cccc1N1C[C@H](c2nc3ccccc3n2Cc2ccccc2)CC1=O. The second-order valence-electron chi connectivity index (χ2n) is 7.82. The van der Waals surface area contributed by atoms with Crippen LogP contribution in [0.25, 0.3) is 11.0 Å². The summed E-state index contributed by atoms with van der Waals surface area (Å²) in [5.41, 5.74) is 5.11. The van der Waals surface area contributed by atoms with Gasteiger partial charge in [0.05, 0.1) is 11.0 Å². The van der Waals surface area contributed by atoms with Gasteiger partial charge in [0.15, 0.2) is 0 Å². The quantitative estimate of drug-likeness (QED) is 0.437. The minimum atomic E-state index is 0.0343. The third-order valence-electron chi connectivity index (χ3n) is 5.89. The number of carbonyl (C=O) groups is 1. The second-order valence-corrected chi connectivity index (χ2v) is 8.23. The summed E-state index contributed by atoms with van der Waals surface area (Å²) in [7, 11) is 0. The number of hydrogen-bond donors (Lipinski definition) is 0. The number of halogens is 1. The van der Waals surface area contributed by atoms with Crippen molar-refractivity contribution in [3.05, 3.63) is 94.8 Å². The molecule has 0 spiro atoms. The van der Waals surface area contributed by atoms with Gasteiger partial charge in [0, 0.05) is 36.1 Å². The number of carbonyl (C=O) groups excluding carboxylic acids is 1. The van der Waals surface area contributed by atoms with Crippen LogP contribution in [0.5, 0.6) is 0 Å².